The van der Waals surface area contributed by atoms with E-state index in [2.05, 4.69) is 62.6 Å². The Kier molecular flexibility index (Phi) is 7.02. The van der Waals surface area contributed by atoms with Crippen LogP contribution in [0.15, 0.2) is 72.8 Å². The highest BCUT2D eigenvalue weighted by molar-refractivity contribution is 7.17. The molecule has 5 heterocycles. The molecule has 0 bridgehead atoms. The van der Waals surface area contributed by atoms with E-state index in [9.17, 15) is 10.5 Å². The van der Waals surface area contributed by atoms with Crippen LogP contribution in [0.3, 0.4) is 0 Å². The normalized spacial score (nSPS) is 12.2. The van der Waals surface area contributed by atoms with E-state index < -0.39 is 0 Å². The first-order valence-electron chi connectivity index (χ1n) is 13.3. The number of nitrogens with zero attached hydrogens (tertiary/aromatic N) is 8. The van der Waals surface area contributed by atoms with Gasteiger partial charge in [-0.2, -0.15) is 36.8 Å². The summed E-state index contributed by atoms with van der Waals surface area (Å²) in [7, 11) is 0. The zero-order valence-electron chi connectivity index (χ0n) is 22.7. The van der Waals surface area contributed by atoms with E-state index >= 15 is 0 Å². The van der Waals surface area contributed by atoms with Gasteiger partial charge in [-0.1, -0.05) is 36.4 Å². The number of nitriles is 2. The summed E-state index contributed by atoms with van der Waals surface area (Å²) in [5.41, 5.74) is 9.33. The number of allylic oxidation sites excluding steroid dienone is 2. The maximum atomic E-state index is 9.97. The Morgan fingerprint density at radius 1 is 0.511 bits per heavy atom. The molecule has 13 heteroatoms. The van der Waals surface area contributed by atoms with E-state index in [4.69, 9.17) is 0 Å². The molecular formula is C32H14N8S5. The topological polar surface area (TPSA) is 125 Å². The fourth-order valence-corrected chi connectivity index (χ4v) is 8.71. The Labute approximate surface area is 276 Å². The maximum Gasteiger partial charge on any atom is 0.114 e. The van der Waals surface area contributed by atoms with Gasteiger partial charge in [0.1, 0.15) is 33.1 Å². The largest absolute Gasteiger partial charge is 0.192 e. The lowest BCUT2D eigenvalue weighted by molar-refractivity contribution is 1.52. The number of hydrogen-bond acceptors (Lipinski definition) is 13. The number of fused-ring (bicyclic) bond motifs is 3. The predicted molar refractivity (Wildman–Crippen MR) is 186 cm³/mol. The second kappa shape index (κ2) is 11.5. The average molecular weight is 671 g/mol. The lowest BCUT2D eigenvalue weighted by Crippen LogP contribution is -1.84. The molecule has 0 saturated heterocycles. The molecule has 45 heavy (non-hydrogen) atoms. The van der Waals surface area contributed by atoms with Crippen molar-refractivity contribution in [2.75, 3.05) is 0 Å². The summed E-state index contributed by atoms with van der Waals surface area (Å²) in [6, 6.07) is 28.4. The summed E-state index contributed by atoms with van der Waals surface area (Å²) in [5, 5.41) is 19.9. The third kappa shape index (κ3) is 4.93. The fraction of sp³-hybridized carbons (Fsp3) is 0. The van der Waals surface area contributed by atoms with E-state index in [1.165, 1.54) is 11.7 Å². The van der Waals surface area contributed by atoms with Crippen molar-refractivity contribution in [3.63, 3.8) is 0 Å². The molecule has 8 rings (SSSR count). The van der Waals surface area contributed by atoms with Crippen molar-refractivity contribution in [1.29, 1.82) is 10.5 Å². The molecule has 0 unspecified atom stereocenters. The molecular weight excluding hydrogens is 657 g/mol. The molecule has 0 amide bonds. The second-order valence-corrected chi connectivity index (χ2v) is 13.6. The van der Waals surface area contributed by atoms with Gasteiger partial charge in [-0.15, -0.1) is 22.7 Å². The first-order valence-corrected chi connectivity index (χ1v) is 17.1. The Hall–Kier alpha value is -5.02. The van der Waals surface area contributed by atoms with Crippen LogP contribution in [0.2, 0.25) is 0 Å². The smallest absolute Gasteiger partial charge is 0.114 e. The SMILES string of the molecule is N#CC(=Cc1ccc(-c2ccc(-c3ccc(C=C(C#N)c4cccc5nsnc45)s3)c3nsnc23)s1)c1cccc2nsnc12. The van der Waals surface area contributed by atoms with Crippen LogP contribution in [-0.2, 0) is 0 Å². The van der Waals surface area contributed by atoms with Crippen LogP contribution < -0.4 is 0 Å². The lowest BCUT2D eigenvalue weighted by atomic mass is 10.0. The van der Waals surface area contributed by atoms with Gasteiger partial charge in [-0.05, 0) is 48.6 Å². The molecule has 0 aliphatic carbocycles. The van der Waals surface area contributed by atoms with Crippen LogP contribution >= 0.6 is 57.9 Å². The van der Waals surface area contributed by atoms with Gasteiger partial charge in [0, 0.05) is 41.8 Å². The number of benzene rings is 3. The van der Waals surface area contributed by atoms with Crippen LogP contribution in [-0.4, -0.2) is 26.2 Å². The Bertz CT molecular complexity index is 2370. The summed E-state index contributed by atoms with van der Waals surface area (Å²) < 4.78 is 26.7. The molecule has 212 valence electrons. The van der Waals surface area contributed by atoms with Crippen LogP contribution in [0.4, 0.5) is 0 Å². The molecule has 0 N–H and O–H groups in total. The van der Waals surface area contributed by atoms with Gasteiger partial charge >= 0.3 is 0 Å². The fourth-order valence-electron chi connectivity index (χ4n) is 5.09. The van der Waals surface area contributed by atoms with Crippen LogP contribution in [0.1, 0.15) is 20.9 Å². The number of rotatable bonds is 6. The molecule has 8 nitrogen and oxygen atoms in total. The maximum absolute atomic E-state index is 9.97. The first-order chi connectivity index (χ1) is 22.2. The van der Waals surface area contributed by atoms with Crippen molar-refractivity contribution in [3.8, 4) is 33.0 Å². The molecule has 0 aliphatic heterocycles. The van der Waals surface area contributed by atoms with Crippen LogP contribution in [0.25, 0.3) is 77.3 Å². The Morgan fingerprint density at radius 3 is 1.42 bits per heavy atom. The monoisotopic (exact) mass is 670 g/mol. The second-order valence-electron chi connectivity index (χ2n) is 9.74. The lowest BCUT2D eigenvalue weighted by Gasteiger charge is -2.03. The van der Waals surface area contributed by atoms with Gasteiger partial charge in [0.25, 0.3) is 0 Å². The molecule has 0 saturated carbocycles. The minimum atomic E-state index is 0.541. The van der Waals surface area contributed by atoms with Crippen LogP contribution in [0.5, 0.6) is 0 Å². The van der Waals surface area contributed by atoms with E-state index in [0.717, 1.165) is 98.3 Å². The van der Waals surface area contributed by atoms with Gasteiger partial charge in [0.05, 0.1) is 58.5 Å². The molecule has 3 aromatic carbocycles. The van der Waals surface area contributed by atoms with Gasteiger partial charge < -0.3 is 0 Å². The van der Waals surface area contributed by atoms with Gasteiger partial charge in [0.15, 0.2) is 0 Å². The quantitative estimate of drug-likeness (QED) is 0.160. The van der Waals surface area contributed by atoms with E-state index in [0.29, 0.717) is 11.1 Å². The highest BCUT2D eigenvalue weighted by Crippen LogP contribution is 2.40. The Balaban J connectivity index is 1.12. The van der Waals surface area contributed by atoms with Gasteiger partial charge in [0.2, 0.25) is 0 Å². The van der Waals surface area contributed by atoms with Crippen molar-refractivity contribution in [2.24, 2.45) is 0 Å². The first kappa shape index (κ1) is 27.5. The zero-order valence-corrected chi connectivity index (χ0v) is 26.8. The molecule has 0 aliphatic rings. The number of hydrogen-bond donors (Lipinski definition) is 0. The number of aromatic nitrogens is 6. The highest BCUT2D eigenvalue weighted by Gasteiger charge is 2.17. The highest BCUT2D eigenvalue weighted by atomic mass is 32.1. The molecule has 5 aromatic heterocycles. The van der Waals surface area contributed by atoms with Crippen molar-refractivity contribution >= 4 is 114 Å². The van der Waals surface area contributed by atoms with E-state index in [1.54, 1.807) is 22.7 Å². The van der Waals surface area contributed by atoms with Gasteiger partial charge in [-0.25, -0.2) is 0 Å². The van der Waals surface area contributed by atoms with Crippen LogP contribution in [0, 0.1) is 22.7 Å². The average Bonchev–Trinajstić information content (AvgIpc) is 3.91. The third-order valence-electron chi connectivity index (χ3n) is 7.17. The predicted octanol–water partition coefficient (Wildman–Crippen LogP) is 9.29. The van der Waals surface area contributed by atoms with E-state index in [-0.39, 0.29) is 0 Å². The zero-order chi connectivity index (χ0) is 30.3. The molecule has 8 aromatic rings. The summed E-state index contributed by atoms with van der Waals surface area (Å²) in [5.74, 6) is 0. The Morgan fingerprint density at radius 2 is 0.956 bits per heavy atom. The summed E-state index contributed by atoms with van der Waals surface area (Å²) >= 11 is 6.67. The molecule has 0 atom stereocenters. The molecule has 0 radical (unpaired) electrons. The van der Waals surface area contributed by atoms with Crippen molar-refractivity contribution in [2.45, 2.75) is 0 Å². The van der Waals surface area contributed by atoms with Crippen molar-refractivity contribution < 1.29 is 0 Å². The minimum Gasteiger partial charge on any atom is -0.192 e. The summed E-state index contributed by atoms with van der Waals surface area (Å²) in [6.07, 6.45) is 3.80. The molecule has 0 fully saturated rings. The van der Waals surface area contributed by atoms with Crippen molar-refractivity contribution in [1.82, 2.24) is 26.2 Å². The molecule has 0 spiro atoms. The minimum absolute atomic E-state index is 0.541. The van der Waals surface area contributed by atoms with Gasteiger partial charge in [-0.3, -0.25) is 0 Å². The van der Waals surface area contributed by atoms with Crippen molar-refractivity contribution in [3.05, 3.63) is 93.7 Å². The third-order valence-corrected chi connectivity index (χ3v) is 10.9. The summed E-state index contributed by atoms with van der Waals surface area (Å²) in [6.45, 7) is 0. The summed E-state index contributed by atoms with van der Waals surface area (Å²) in [4.78, 5) is 3.98. The standard InChI is InChI=1S/C32H14N8S5/c33-15-17(21-3-1-5-25-29(21)37-43-35-25)13-19-7-11-27(41-19)23-9-10-24(32-31(23)39-45-40-32)28-12-8-20(42-28)14-18(16-34)22-4-2-6-26-30(22)38-44-36-26/h1-14H. The van der Waals surface area contributed by atoms with E-state index in [1.807, 2.05) is 60.7 Å². The number of thiophene rings is 2.